The van der Waals surface area contributed by atoms with Gasteiger partial charge < -0.3 is 14.4 Å². The molecule has 0 heterocycles. The van der Waals surface area contributed by atoms with Crippen molar-refractivity contribution in [2.24, 2.45) is 0 Å². The molecule has 7 heteroatoms. The molecule has 0 saturated carbocycles. The smallest absolute Gasteiger partial charge is 0.324 e. The van der Waals surface area contributed by atoms with E-state index >= 15 is 0 Å². The van der Waals surface area contributed by atoms with Crippen LogP contribution in [0.15, 0.2) is 0 Å². The third-order valence-corrected chi connectivity index (χ3v) is 2.35. The largest absolute Gasteiger partial charge is 0.383 e. The van der Waals surface area contributed by atoms with Gasteiger partial charge in [-0.1, -0.05) is 0 Å². The van der Waals surface area contributed by atoms with Crippen molar-refractivity contribution < 1.29 is 19.1 Å². The molecule has 0 aromatic heterocycles. The van der Waals surface area contributed by atoms with E-state index in [9.17, 15) is 9.59 Å². The fraction of sp³-hybridized carbons (Fsp3) is 0.800. The van der Waals surface area contributed by atoms with Crippen LogP contribution < -0.4 is 5.32 Å². The molecule has 1 N–H and O–H groups in total. The first-order valence-electron chi connectivity index (χ1n) is 5.21. The van der Waals surface area contributed by atoms with Crippen LogP contribution in [0.5, 0.6) is 0 Å². The van der Waals surface area contributed by atoms with Crippen molar-refractivity contribution in [1.29, 1.82) is 0 Å². The van der Waals surface area contributed by atoms with Gasteiger partial charge >= 0.3 is 6.03 Å². The van der Waals surface area contributed by atoms with Gasteiger partial charge in [0, 0.05) is 20.8 Å². The molecular formula is C10H19ClN2O4. The molecule has 1 atom stereocenters. The van der Waals surface area contributed by atoms with E-state index in [1.165, 1.54) is 4.90 Å². The summed E-state index contributed by atoms with van der Waals surface area (Å²) in [6, 6.07) is -0.643. The summed E-state index contributed by atoms with van der Waals surface area (Å²) in [6.07, 6.45) is 0. The number of ether oxygens (including phenoxy) is 2. The van der Waals surface area contributed by atoms with Gasteiger partial charge in [-0.25, -0.2) is 4.79 Å². The Morgan fingerprint density at radius 2 is 2.00 bits per heavy atom. The van der Waals surface area contributed by atoms with E-state index in [2.05, 4.69) is 5.32 Å². The van der Waals surface area contributed by atoms with Crippen LogP contribution in [0.1, 0.15) is 6.92 Å². The Labute approximate surface area is 106 Å². The third kappa shape index (κ3) is 6.45. The lowest BCUT2D eigenvalue weighted by molar-refractivity contribution is -0.117. The van der Waals surface area contributed by atoms with Crippen LogP contribution in [-0.4, -0.2) is 62.7 Å². The van der Waals surface area contributed by atoms with E-state index in [4.69, 9.17) is 21.1 Å². The zero-order chi connectivity index (χ0) is 13.3. The predicted octanol–water partition coefficient (Wildman–Crippen LogP) is 0.445. The molecule has 1 unspecified atom stereocenters. The molecule has 3 amide bonds. The second kappa shape index (κ2) is 9.21. The van der Waals surface area contributed by atoms with Crippen LogP contribution in [0, 0.1) is 0 Å². The highest BCUT2D eigenvalue weighted by molar-refractivity contribution is 6.28. The Kier molecular flexibility index (Phi) is 8.75. The highest BCUT2D eigenvalue weighted by Gasteiger charge is 2.21. The number of nitrogens with one attached hydrogen (secondary N) is 1. The van der Waals surface area contributed by atoms with Gasteiger partial charge in [0.25, 0.3) is 0 Å². The van der Waals surface area contributed by atoms with Crippen molar-refractivity contribution in [2.75, 3.05) is 39.9 Å². The van der Waals surface area contributed by atoms with Crippen LogP contribution in [0.25, 0.3) is 0 Å². The maximum atomic E-state index is 11.8. The van der Waals surface area contributed by atoms with E-state index in [0.717, 1.165) is 0 Å². The number of imide groups is 1. The average molecular weight is 267 g/mol. The normalized spacial score (nSPS) is 12.0. The first-order valence-corrected chi connectivity index (χ1v) is 5.74. The van der Waals surface area contributed by atoms with Crippen LogP contribution in [-0.2, 0) is 14.3 Å². The lowest BCUT2D eigenvalue weighted by Crippen LogP contribution is -2.50. The summed E-state index contributed by atoms with van der Waals surface area (Å²) in [5.74, 6) is -0.772. The minimum absolute atomic E-state index is 0.154. The summed E-state index contributed by atoms with van der Waals surface area (Å²) in [4.78, 5) is 24.3. The Bertz CT molecular complexity index is 250. The molecule has 0 saturated heterocycles. The molecule has 0 fully saturated rings. The Hall–Kier alpha value is -0.850. The molecule has 0 spiro atoms. The molecule has 0 radical (unpaired) electrons. The molecule has 0 bridgehead atoms. The van der Waals surface area contributed by atoms with Gasteiger partial charge in [-0.3, -0.25) is 10.1 Å². The van der Waals surface area contributed by atoms with Crippen LogP contribution in [0.2, 0.25) is 0 Å². The number of urea groups is 1. The number of carbonyl (C=O) groups excluding carboxylic acids is 2. The van der Waals surface area contributed by atoms with Gasteiger partial charge in [-0.05, 0) is 6.92 Å². The van der Waals surface area contributed by atoms with Gasteiger partial charge in [0.1, 0.15) is 5.88 Å². The molecule has 0 aliphatic rings. The van der Waals surface area contributed by atoms with Crippen LogP contribution in [0.4, 0.5) is 4.79 Å². The Morgan fingerprint density at radius 1 is 1.35 bits per heavy atom. The minimum atomic E-state index is -0.524. The van der Waals surface area contributed by atoms with Crippen molar-refractivity contribution in [3.8, 4) is 0 Å². The van der Waals surface area contributed by atoms with Gasteiger partial charge in [0.05, 0.1) is 19.3 Å². The second-order valence-electron chi connectivity index (χ2n) is 3.48. The van der Waals surface area contributed by atoms with Crippen molar-refractivity contribution in [3.63, 3.8) is 0 Å². The van der Waals surface area contributed by atoms with Gasteiger partial charge in [-0.2, -0.15) is 0 Å². The topological polar surface area (TPSA) is 67.9 Å². The molecule has 6 nitrogen and oxygen atoms in total. The number of halogens is 1. The molecule has 0 rings (SSSR count). The van der Waals surface area contributed by atoms with E-state index in [-0.39, 0.29) is 11.9 Å². The quantitative estimate of drug-likeness (QED) is 0.679. The summed E-state index contributed by atoms with van der Waals surface area (Å²) in [5.41, 5.74) is 0. The Balaban J connectivity index is 4.43. The molecule has 0 aliphatic carbocycles. The lowest BCUT2D eigenvalue weighted by atomic mass is 10.3. The zero-order valence-corrected chi connectivity index (χ0v) is 11.1. The maximum absolute atomic E-state index is 11.8. The van der Waals surface area contributed by atoms with Crippen molar-refractivity contribution >= 4 is 23.5 Å². The van der Waals surface area contributed by atoms with E-state index < -0.39 is 11.9 Å². The number of hydrogen-bond acceptors (Lipinski definition) is 4. The lowest BCUT2D eigenvalue weighted by Gasteiger charge is -2.28. The fourth-order valence-corrected chi connectivity index (χ4v) is 1.33. The number of nitrogens with zero attached hydrogens (tertiary/aromatic N) is 1. The number of hydrogen-bond donors (Lipinski definition) is 1. The fourth-order valence-electron chi connectivity index (χ4n) is 1.27. The molecule has 0 aromatic rings. The second-order valence-corrected chi connectivity index (χ2v) is 3.74. The summed E-state index contributed by atoms with van der Waals surface area (Å²) in [5, 5.41) is 2.18. The van der Waals surface area contributed by atoms with Gasteiger partial charge in [0.2, 0.25) is 5.91 Å². The molecule has 0 aliphatic heterocycles. The monoisotopic (exact) mass is 266 g/mol. The highest BCUT2D eigenvalue weighted by Crippen LogP contribution is 2.00. The van der Waals surface area contributed by atoms with Crippen LogP contribution >= 0.6 is 11.6 Å². The van der Waals surface area contributed by atoms with E-state index in [0.29, 0.717) is 19.8 Å². The van der Waals surface area contributed by atoms with Crippen molar-refractivity contribution in [3.05, 3.63) is 0 Å². The summed E-state index contributed by atoms with van der Waals surface area (Å²) in [7, 11) is 3.09. The van der Waals surface area contributed by atoms with Gasteiger partial charge in [0.15, 0.2) is 0 Å². The number of amides is 3. The van der Waals surface area contributed by atoms with Crippen molar-refractivity contribution in [2.45, 2.75) is 13.0 Å². The average Bonchev–Trinajstić information content (AvgIpc) is 2.29. The first kappa shape index (κ1) is 16.1. The molecule has 17 heavy (non-hydrogen) atoms. The number of methoxy groups -OCH3 is 2. The van der Waals surface area contributed by atoms with E-state index in [1.54, 1.807) is 14.2 Å². The SMILES string of the molecule is COCCN(C(=O)NC(=O)CCl)C(C)COC. The molecular weight excluding hydrogens is 248 g/mol. The van der Waals surface area contributed by atoms with E-state index in [1.807, 2.05) is 6.92 Å². The highest BCUT2D eigenvalue weighted by atomic mass is 35.5. The summed E-state index contributed by atoms with van der Waals surface area (Å²) < 4.78 is 9.88. The van der Waals surface area contributed by atoms with Crippen molar-refractivity contribution in [1.82, 2.24) is 10.2 Å². The van der Waals surface area contributed by atoms with Crippen LogP contribution in [0.3, 0.4) is 0 Å². The number of alkyl halides is 1. The number of carbonyl (C=O) groups is 2. The molecule has 0 aromatic carbocycles. The zero-order valence-electron chi connectivity index (χ0n) is 10.4. The first-order chi connectivity index (χ1) is 8.06. The predicted molar refractivity (Wildman–Crippen MR) is 64.2 cm³/mol. The standard InChI is InChI=1S/C10H19ClN2O4/c1-8(7-17-3)13(4-5-16-2)10(15)12-9(14)6-11/h8H,4-7H2,1-3H3,(H,12,14,15). The maximum Gasteiger partial charge on any atom is 0.324 e. The van der Waals surface area contributed by atoms with Gasteiger partial charge in [-0.15, -0.1) is 11.6 Å². The third-order valence-electron chi connectivity index (χ3n) is 2.10. The number of rotatable bonds is 7. The minimum Gasteiger partial charge on any atom is -0.383 e. The summed E-state index contributed by atoms with van der Waals surface area (Å²) in [6.45, 7) is 2.97. The summed E-state index contributed by atoms with van der Waals surface area (Å²) >= 11 is 5.31. The molecule has 100 valence electrons. The Morgan fingerprint density at radius 3 is 2.47 bits per heavy atom.